The maximum Gasteiger partial charge on any atom is 0.293 e. The van der Waals surface area contributed by atoms with E-state index in [1.54, 1.807) is 0 Å². The van der Waals surface area contributed by atoms with Gasteiger partial charge >= 0.3 is 0 Å². The minimum absolute atomic E-state index is 0.0849. The largest absolute Gasteiger partial charge is 0.490 e. The molecule has 3 rings (SSSR count). The molecule has 2 aromatic rings. The van der Waals surface area contributed by atoms with Crippen molar-refractivity contribution in [2.45, 2.75) is 51.7 Å². The highest BCUT2D eigenvalue weighted by Gasteiger charge is 2.29. The summed E-state index contributed by atoms with van der Waals surface area (Å²) >= 11 is 0. The van der Waals surface area contributed by atoms with Crippen molar-refractivity contribution in [2.24, 2.45) is 0 Å². The van der Waals surface area contributed by atoms with Crippen LogP contribution in [0.15, 0.2) is 17.2 Å². The highest BCUT2D eigenvalue weighted by Crippen LogP contribution is 2.30. The van der Waals surface area contributed by atoms with E-state index in [9.17, 15) is 4.79 Å². The minimum atomic E-state index is -0.243. The highest BCUT2D eigenvalue weighted by molar-refractivity contribution is 5.14. The Morgan fingerprint density at radius 1 is 1.42 bits per heavy atom. The van der Waals surface area contributed by atoms with Crippen molar-refractivity contribution in [1.82, 2.24) is 29.9 Å². The van der Waals surface area contributed by atoms with Crippen molar-refractivity contribution in [2.75, 3.05) is 13.7 Å². The van der Waals surface area contributed by atoms with Gasteiger partial charge in [-0.2, -0.15) is 0 Å². The van der Waals surface area contributed by atoms with Crippen LogP contribution in [0.4, 0.5) is 0 Å². The molecule has 2 aromatic heterocycles. The zero-order chi connectivity index (χ0) is 17.3. The molecule has 1 aliphatic rings. The fourth-order valence-corrected chi connectivity index (χ4v) is 2.94. The Labute approximate surface area is 140 Å². The van der Waals surface area contributed by atoms with Gasteiger partial charge in [0.1, 0.15) is 5.82 Å². The third-order valence-electron chi connectivity index (χ3n) is 4.28. The molecule has 8 nitrogen and oxygen atoms in total. The van der Waals surface area contributed by atoms with Gasteiger partial charge in [0.05, 0.1) is 36.8 Å². The van der Waals surface area contributed by atoms with Crippen LogP contribution in [0.2, 0.25) is 0 Å². The van der Waals surface area contributed by atoms with E-state index < -0.39 is 0 Å². The van der Waals surface area contributed by atoms with Crippen LogP contribution in [0.3, 0.4) is 0 Å². The first-order valence-corrected chi connectivity index (χ1v) is 8.17. The van der Waals surface area contributed by atoms with Gasteiger partial charge in [0.15, 0.2) is 0 Å². The lowest BCUT2D eigenvalue weighted by Crippen LogP contribution is -2.26. The summed E-state index contributed by atoms with van der Waals surface area (Å²) in [5.74, 6) is 0.915. The van der Waals surface area contributed by atoms with E-state index in [-0.39, 0.29) is 22.9 Å². The fourth-order valence-electron chi connectivity index (χ4n) is 2.94. The lowest BCUT2D eigenvalue weighted by molar-refractivity contribution is 0.236. The van der Waals surface area contributed by atoms with Crippen molar-refractivity contribution in [3.8, 4) is 5.75 Å². The molecule has 0 unspecified atom stereocenters. The van der Waals surface area contributed by atoms with Crippen LogP contribution in [-0.2, 0) is 12.1 Å². The number of hydrogen-bond donors (Lipinski definition) is 1. The SMILES string of the molecule is COc1cnc([C@@H]2CCCN2Cc2cn(C(C)(C)C)nn2)[nH]c1=O. The number of aromatic nitrogens is 5. The molecule has 0 spiro atoms. The van der Waals surface area contributed by atoms with Crippen molar-refractivity contribution >= 4 is 0 Å². The smallest absolute Gasteiger partial charge is 0.293 e. The highest BCUT2D eigenvalue weighted by atomic mass is 16.5. The molecule has 130 valence electrons. The van der Waals surface area contributed by atoms with E-state index in [0.717, 1.165) is 25.1 Å². The van der Waals surface area contributed by atoms with Crippen LogP contribution in [0.5, 0.6) is 5.75 Å². The Hall–Kier alpha value is -2.22. The Kier molecular flexibility index (Phi) is 4.40. The number of aromatic amines is 1. The molecular weight excluding hydrogens is 308 g/mol. The first-order valence-electron chi connectivity index (χ1n) is 8.17. The van der Waals surface area contributed by atoms with Crippen LogP contribution in [0, 0.1) is 0 Å². The summed E-state index contributed by atoms with van der Waals surface area (Å²) in [4.78, 5) is 21.4. The van der Waals surface area contributed by atoms with Crippen LogP contribution in [-0.4, -0.2) is 43.5 Å². The van der Waals surface area contributed by atoms with Gasteiger partial charge in [-0.05, 0) is 40.2 Å². The molecule has 1 atom stereocenters. The molecule has 24 heavy (non-hydrogen) atoms. The number of likely N-dealkylation sites (tertiary alicyclic amines) is 1. The average Bonchev–Trinajstić information content (AvgIpc) is 3.16. The van der Waals surface area contributed by atoms with Gasteiger partial charge in [-0.1, -0.05) is 5.21 Å². The molecule has 8 heteroatoms. The topological polar surface area (TPSA) is 88.9 Å². The van der Waals surface area contributed by atoms with Crippen molar-refractivity contribution in [3.05, 3.63) is 34.3 Å². The summed E-state index contributed by atoms with van der Waals surface area (Å²) in [6.45, 7) is 7.92. The molecule has 1 N–H and O–H groups in total. The maximum absolute atomic E-state index is 11.9. The van der Waals surface area contributed by atoms with Crippen LogP contribution >= 0.6 is 0 Å². The first-order chi connectivity index (χ1) is 11.4. The van der Waals surface area contributed by atoms with E-state index in [2.05, 4.69) is 46.0 Å². The quantitative estimate of drug-likeness (QED) is 0.912. The second-order valence-corrected chi connectivity index (χ2v) is 7.12. The summed E-state index contributed by atoms with van der Waals surface area (Å²) in [7, 11) is 1.46. The molecule has 0 bridgehead atoms. The molecule has 0 radical (unpaired) electrons. The average molecular weight is 332 g/mol. The van der Waals surface area contributed by atoms with Crippen molar-refractivity contribution in [3.63, 3.8) is 0 Å². The Balaban J connectivity index is 1.77. The maximum atomic E-state index is 11.9. The van der Waals surface area contributed by atoms with Gasteiger partial charge in [0, 0.05) is 6.54 Å². The van der Waals surface area contributed by atoms with Crippen molar-refractivity contribution in [1.29, 1.82) is 0 Å². The number of nitrogens with zero attached hydrogens (tertiary/aromatic N) is 5. The van der Waals surface area contributed by atoms with Crippen LogP contribution < -0.4 is 10.3 Å². The summed E-state index contributed by atoms with van der Waals surface area (Å²) in [5, 5.41) is 8.49. The van der Waals surface area contributed by atoms with Crippen molar-refractivity contribution < 1.29 is 4.74 Å². The predicted molar refractivity (Wildman–Crippen MR) is 88.8 cm³/mol. The van der Waals surface area contributed by atoms with Gasteiger partial charge in [-0.15, -0.1) is 5.10 Å². The third kappa shape index (κ3) is 3.33. The lowest BCUT2D eigenvalue weighted by Gasteiger charge is -2.22. The van der Waals surface area contributed by atoms with Crippen LogP contribution in [0.25, 0.3) is 0 Å². The predicted octanol–water partition coefficient (Wildman–Crippen LogP) is 1.46. The second-order valence-electron chi connectivity index (χ2n) is 7.12. The normalized spacial score (nSPS) is 18.9. The molecular formula is C16H24N6O2. The molecule has 1 fully saturated rings. The molecule has 0 aromatic carbocycles. The first kappa shape index (κ1) is 16.6. The monoisotopic (exact) mass is 332 g/mol. The lowest BCUT2D eigenvalue weighted by atomic mass is 10.1. The molecule has 3 heterocycles. The fraction of sp³-hybridized carbons (Fsp3) is 0.625. The molecule has 1 aliphatic heterocycles. The standard InChI is InChI=1S/C16H24N6O2/c1-16(2,3)22-10-11(19-20-22)9-21-7-5-6-12(21)14-17-8-13(24-4)15(23)18-14/h8,10,12H,5-7,9H2,1-4H3,(H,17,18,23)/t12-/m0/s1. The molecule has 0 aliphatic carbocycles. The molecule has 0 saturated carbocycles. The number of H-pyrrole nitrogens is 1. The minimum Gasteiger partial charge on any atom is -0.490 e. The van der Waals surface area contributed by atoms with Gasteiger partial charge < -0.3 is 9.72 Å². The van der Waals surface area contributed by atoms with Gasteiger partial charge in [0.2, 0.25) is 5.75 Å². The Morgan fingerprint density at radius 2 is 2.21 bits per heavy atom. The van der Waals surface area contributed by atoms with E-state index in [4.69, 9.17) is 4.74 Å². The number of hydrogen-bond acceptors (Lipinski definition) is 6. The number of nitrogens with one attached hydrogen (secondary N) is 1. The summed E-state index contributed by atoms with van der Waals surface area (Å²) in [6, 6.07) is 0.0865. The Morgan fingerprint density at radius 3 is 2.83 bits per heavy atom. The zero-order valence-corrected chi connectivity index (χ0v) is 14.6. The van der Waals surface area contributed by atoms with Gasteiger partial charge in [-0.3, -0.25) is 9.69 Å². The number of methoxy groups -OCH3 is 1. The van der Waals surface area contributed by atoms with E-state index in [1.165, 1.54) is 13.3 Å². The van der Waals surface area contributed by atoms with Crippen LogP contribution in [0.1, 0.15) is 51.2 Å². The Bertz CT molecular complexity index is 760. The van der Waals surface area contributed by atoms with E-state index in [0.29, 0.717) is 12.4 Å². The summed E-state index contributed by atoms with van der Waals surface area (Å²) in [6.07, 6.45) is 5.50. The number of rotatable bonds is 4. The molecule has 0 amide bonds. The van der Waals surface area contributed by atoms with E-state index >= 15 is 0 Å². The second kappa shape index (κ2) is 6.35. The van der Waals surface area contributed by atoms with Gasteiger partial charge in [0.25, 0.3) is 5.56 Å². The third-order valence-corrected chi connectivity index (χ3v) is 4.28. The number of ether oxygens (including phenoxy) is 1. The summed E-state index contributed by atoms with van der Waals surface area (Å²) in [5.41, 5.74) is 0.596. The van der Waals surface area contributed by atoms with Gasteiger partial charge in [-0.25, -0.2) is 9.67 Å². The molecule has 1 saturated heterocycles. The summed E-state index contributed by atoms with van der Waals surface area (Å²) < 4.78 is 6.85. The van der Waals surface area contributed by atoms with E-state index in [1.807, 2.05) is 10.9 Å². The zero-order valence-electron chi connectivity index (χ0n) is 14.6.